The SMILES string of the molecule is ClC1=CC=C=C[CH]1.O=C([O-])CN=Cc1ccccc1[O-].[Bi+2]. The molecule has 21 heavy (non-hydrogen) atoms. The van der Waals surface area contributed by atoms with Crippen LogP contribution in [0.3, 0.4) is 0 Å². The van der Waals surface area contributed by atoms with Crippen molar-refractivity contribution in [3.63, 3.8) is 0 Å². The summed E-state index contributed by atoms with van der Waals surface area (Å²) < 4.78 is 0. The van der Waals surface area contributed by atoms with Gasteiger partial charge in [-0.25, -0.2) is 0 Å². The van der Waals surface area contributed by atoms with Crippen molar-refractivity contribution in [3.8, 4) is 5.75 Å². The maximum atomic E-state index is 11.0. The minimum Gasteiger partial charge on any atom is -0.872 e. The van der Waals surface area contributed by atoms with Crippen LogP contribution in [0.25, 0.3) is 0 Å². The van der Waals surface area contributed by atoms with E-state index in [0.717, 1.165) is 5.03 Å². The van der Waals surface area contributed by atoms with Crippen LogP contribution in [0.2, 0.25) is 0 Å². The predicted octanol–water partition coefficient (Wildman–Crippen LogP) is 0.586. The second-order valence-corrected chi connectivity index (χ2v) is 4.03. The molecule has 2 rings (SSSR count). The van der Waals surface area contributed by atoms with E-state index in [0.29, 0.717) is 5.56 Å². The standard InChI is InChI=1S/C9H9NO3.C6H4Cl.Bi/c11-8-4-2-1-3-7(8)5-10-6-9(12)13;7-6-4-2-1-3-5-6;/h1-5,11H,6H2,(H,12,13);2-5H;/q;;+2/p-2. The third-order valence-corrected chi connectivity index (χ3v) is 2.30. The van der Waals surface area contributed by atoms with Crippen LogP contribution in [-0.2, 0) is 4.79 Å². The van der Waals surface area contributed by atoms with Gasteiger partial charge in [-0.15, -0.1) is 11.5 Å². The van der Waals surface area contributed by atoms with E-state index in [1.54, 1.807) is 42.8 Å². The molecule has 1 aliphatic carbocycles. The molecule has 0 aliphatic heterocycles. The van der Waals surface area contributed by atoms with E-state index < -0.39 is 12.5 Å². The summed E-state index contributed by atoms with van der Waals surface area (Å²) in [5.41, 5.74) is 3.23. The molecule has 0 saturated heterocycles. The number of nitrogens with zero attached hydrogens (tertiary/aromatic N) is 1. The molecule has 0 spiro atoms. The number of carbonyl (C=O) groups is 1. The fraction of sp³-hybridized carbons (Fsp3) is 0.0667. The first-order chi connectivity index (χ1) is 9.59. The molecule has 0 atom stereocenters. The van der Waals surface area contributed by atoms with Crippen molar-refractivity contribution in [2.45, 2.75) is 0 Å². The summed E-state index contributed by atoms with van der Waals surface area (Å²) >= 11 is 5.52. The number of benzene rings is 1. The summed E-state index contributed by atoms with van der Waals surface area (Å²) in [4.78, 5) is 13.5. The molecule has 0 heterocycles. The van der Waals surface area contributed by atoms with Crippen LogP contribution in [0.4, 0.5) is 0 Å². The fourth-order valence-corrected chi connectivity index (χ4v) is 1.30. The van der Waals surface area contributed by atoms with Crippen LogP contribution in [0.15, 0.2) is 58.2 Å². The predicted molar refractivity (Wildman–Crippen MR) is 80.0 cm³/mol. The normalized spacial score (nSPS) is 12.1. The van der Waals surface area contributed by atoms with Crippen LogP contribution in [-0.4, -0.2) is 44.9 Å². The molecular formula is C15H11BiClNO3. The second-order valence-electron chi connectivity index (χ2n) is 3.60. The minimum absolute atomic E-state index is 0. The van der Waals surface area contributed by atoms with Gasteiger partial charge in [0.2, 0.25) is 0 Å². The van der Waals surface area contributed by atoms with Crippen molar-refractivity contribution < 1.29 is 15.0 Å². The Hall–Kier alpha value is -1.41. The summed E-state index contributed by atoms with van der Waals surface area (Å²) in [6.07, 6.45) is 8.38. The Morgan fingerprint density at radius 2 is 2.05 bits per heavy atom. The number of aliphatic imine (C=N–C) groups is 1. The average molecular weight is 498 g/mol. The number of para-hydroxylation sites is 1. The number of carboxylic acid groups (broad SMARTS) is 1. The van der Waals surface area contributed by atoms with Gasteiger partial charge in [-0.05, 0) is 23.8 Å². The smallest absolute Gasteiger partial charge is 0.872 e. The molecule has 0 unspecified atom stereocenters. The van der Waals surface area contributed by atoms with Crippen LogP contribution < -0.4 is 10.2 Å². The molecule has 0 fully saturated rings. The Morgan fingerprint density at radius 3 is 2.52 bits per heavy atom. The van der Waals surface area contributed by atoms with Crippen molar-refractivity contribution in [1.29, 1.82) is 0 Å². The van der Waals surface area contributed by atoms with Crippen LogP contribution >= 0.6 is 11.6 Å². The maximum Gasteiger partial charge on any atom is 2.00 e. The van der Waals surface area contributed by atoms with Gasteiger partial charge in [0.1, 0.15) is 0 Å². The second kappa shape index (κ2) is 11.3. The quantitative estimate of drug-likeness (QED) is 0.349. The molecule has 0 saturated carbocycles. The number of rotatable bonds is 3. The average Bonchev–Trinajstić information content (AvgIpc) is 2.42. The molecule has 4 radical (unpaired) electrons. The Morgan fingerprint density at radius 1 is 1.33 bits per heavy atom. The van der Waals surface area contributed by atoms with Crippen molar-refractivity contribution in [2.24, 2.45) is 4.99 Å². The molecule has 1 aliphatic rings. The first-order valence-corrected chi connectivity index (χ1v) is 6.04. The van der Waals surface area contributed by atoms with E-state index in [1.807, 2.05) is 0 Å². The number of carboxylic acids is 1. The van der Waals surface area contributed by atoms with Gasteiger partial charge in [0.05, 0.1) is 12.5 Å². The number of carbonyl (C=O) groups excluding carboxylic acids is 1. The van der Waals surface area contributed by atoms with Crippen molar-refractivity contribution in [3.05, 3.63) is 65.2 Å². The molecule has 1 aromatic carbocycles. The van der Waals surface area contributed by atoms with E-state index in [-0.39, 0.29) is 32.0 Å². The fourth-order valence-electron chi connectivity index (χ4n) is 1.17. The molecule has 0 N–H and O–H groups in total. The van der Waals surface area contributed by atoms with E-state index in [4.69, 9.17) is 11.6 Å². The molecule has 106 valence electrons. The number of allylic oxidation sites excluding steroid dienone is 3. The van der Waals surface area contributed by atoms with E-state index in [1.165, 1.54) is 12.3 Å². The van der Waals surface area contributed by atoms with E-state index in [2.05, 4.69) is 10.7 Å². The molecule has 6 heteroatoms. The zero-order chi connectivity index (χ0) is 14.8. The number of hydrogen-bond donors (Lipinski definition) is 0. The van der Waals surface area contributed by atoms with Gasteiger partial charge >= 0.3 is 26.2 Å². The van der Waals surface area contributed by atoms with Crippen LogP contribution in [0, 0.1) is 6.42 Å². The van der Waals surface area contributed by atoms with Gasteiger partial charge in [-0.3, -0.25) is 4.99 Å². The number of hydrogen-bond acceptors (Lipinski definition) is 4. The summed E-state index contributed by atoms with van der Waals surface area (Å²) in [5, 5.41) is 21.8. The number of aliphatic carboxylic acids is 1. The Balaban J connectivity index is 0.000000425. The zero-order valence-electron chi connectivity index (χ0n) is 10.9. The van der Waals surface area contributed by atoms with Gasteiger partial charge in [0, 0.05) is 17.7 Å². The monoisotopic (exact) mass is 497 g/mol. The topological polar surface area (TPSA) is 75.5 Å². The van der Waals surface area contributed by atoms with Gasteiger partial charge in [-0.1, -0.05) is 35.9 Å². The van der Waals surface area contributed by atoms with Crippen molar-refractivity contribution in [1.82, 2.24) is 0 Å². The van der Waals surface area contributed by atoms with E-state index >= 15 is 0 Å². The maximum absolute atomic E-state index is 11.0. The third kappa shape index (κ3) is 9.20. The Labute approximate surface area is 147 Å². The Bertz CT molecular complexity index is 590. The van der Waals surface area contributed by atoms with Gasteiger partial charge < -0.3 is 15.0 Å². The summed E-state index contributed by atoms with van der Waals surface area (Å²) in [5.74, 6) is -1.44. The third-order valence-electron chi connectivity index (χ3n) is 2.05. The summed E-state index contributed by atoms with van der Waals surface area (Å²) in [6, 6.07) is 6.25. The molecule has 1 aromatic rings. The Kier molecular flexibility index (Phi) is 10.5. The largest absolute Gasteiger partial charge is 2.00 e. The van der Waals surface area contributed by atoms with Crippen LogP contribution in [0.1, 0.15) is 5.56 Å². The number of halogens is 1. The summed E-state index contributed by atoms with van der Waals surface area (Å²) in [7, 11) is 0. The van der Waals surface area contributed by atoms with Crippen LogP contribution in [0.5, 0.6) is 5.75 Å². The molecular weight excluding hydrogens is 487 g/mol. The van der Waals surface area contributed by atoms with Gasteiger partial charge in [0.15, 0.2) is 0 Å². The van der Waals surface area contributed by atoms with Crippen molar-refractivity contribution in [2.75, 3.05) is 6.54 Å². The minimum atomic E-state index is -1.26. The first kappa shape index (κ1) is 19.6. The van der Waals surface area contributed by atoms with Gasteiger partial charge in [-0.2, -0.15) is 0 Å². The zero-order valence-corrected chi connectivity index (χ0v) is 15.1. The van der Waals surface area contributed by atoms with Crippen molar-refractivity contribution >= 4 is 50.0 Å². The molecule has 0 amide bonds. The molecule has 0 bridgehead atoms. The summed E-state index contributed by atoms with van der Waals surface area (Å²) in [6.45, 7) is -0.422. The first-order valence-electron chi connectivity index (χ1n) is 5.67. The molecule has 4 nitrogen and oxygen atoms in total. The molecule has 0 aromatic heterocycles. The van der Waals surface area contributed by atoms with E-state index in [9.17, 15) is 15.0 Å². The van der Waals surface area contributed by atoms with Gasteiger partial charge in [0.25, 0.3) is 0 Å².